The van der Waals surface area contributed by atoms with Crippen LogP contribution in [0, 0.1) is 5.82 Å². The largest absolute Gasteiger partial charge is 0.336 e. The van der Waals surface area contributed by atoms with E-state index in [4.69, 9.17) is 0 Å². The molecule has 0 aliphatic carbocycles. The van der Waals surface area contributed by atoms with Crippen LogP contribution >= 0.6 is 0 Å². The summed E-state index contributed by atoms with van der Waals surface area (Å²) in [7, 11) is 0. The first-order chi connectivity index (χ1) is 13.2. The molecule has 2 aromatic rings. The van der Waals surface area contributed by atoms with Crippen LogP contribution < -0.4 is 5.32 Å². The minimum Gasteiger partial charge on any atom is -0.336 e. The maximum atomic E-state index is 13.4. The highest BCUT2D eigenvalue weighted by atomic mass is 19.1. The van der Waals surface area contributed by atoms with Crippen LogP contribution in [0.3, 0.4) is 0 Å². The molecule has 27 heavy (non-hydrogen) atoms. The summed E-state index contributed by atoms with van der Waals surface area (Å²) in [4.78, 5) is 17.4. The van der Waals surface area contributed by atoms with Gasteiger partial charge in [0.15, 0.2) is 0 Å². The Labute approximate surface area is 160 Å². The van der Waals surface area contributed by atoms with Crippen LogP contribution in [-0.2, 0) is 6.54 Å². The zero-order chi connectivity index (χ0) is 18.6. The molecule has 1 amide bonds. The van der Waals surface area contributed by atoms with E-state index < -0.39 is 0 Å². The fraction of sp³-hybridized carbons (Fsp3) is 0.409. The lowest BCUT2D eigenvalue weighted by atomic mass is 9.93. The van der Waals surface area contributed by atoms with E-state index >= 15 is 0 Å². The molecule has 0 aromatic heterocycles. The van der Waals surface area contributed by atoms with Crippen LogP contribution in [-0.4, -0.2) is 55.0 Å². The van der Waals surface area contributed by atoms with Gasteiger partial charge in [0.05, 0.1) is 0 Å². The quantitative estimate of drug-likeness (QED) is 0.903. The molecule has 142 valence electrons. The van der Waals surface area contributed by atoms with Crippen molar-refractivity contribution in [3.63, 3.8) is 0 Å². The Bertz CT molecular complexity index is 796. The van der Waals surface area contributed by atoms with Gasteiger partial charge in [-0.1, -0.05) is 30.3 Å². The number of hydrogen-bond acceptors (Lipinski definition) is 3. The Morgan fingerprint density at radius 3 is 2.63 bits per heavy atom. The summed E-state index contributed by atoms with van der Waals surface area (Å²) in [6.07, 6.45) is 1.09. The minimum absolute atomic E-state index is 0.142. The highest BCUT2D eigenvalue weighted by Gasteiger charge is 2.27. The standard InChI is InChI=1S/C22H26FN3O/c23-19-5-3-4-17(14-19)16-25-10-12-26(13-11-25)22(27)21-7-2-1-6-20(21)18-8-9-24-15-18/h1-7,14,18,24H,8-13,15-16H2. The molecule has 4 rings (SSSR count). The number of benzene rings is 2. The lowest BCUT2D eigenvalue weighted by molar-refractivity contribution is 0.0627. The van der Waals surface area contributed by atoms with Gasteiger partial charge in [-0.2, -0.15) is 0 Å². The van der Waals surface area contributed by atoms with Gasteiger partial charge < -0.3 is 10.2 Å². The highest BCUT2D eigenvalue weighted by Crippen LogP contribution is 2.26. The number of hydrogen-bond donors (Lipinski definition) is 1. The van der Waals surface area contributed by atoms with E-state index in [9.17, 15) is 9.18 Å². The summed E-state index contributed by atoms with van der Waals surface area (Å²) >= 11 is 0. The van der Waals surface area contributed by atoms with Crippen molar-refractivity contribution in [3.05, 3.63) is 71.0 Å². The molecule has 2 aromatic carbocycles. The molecule has 2 saturated heterocycles. The molecule has 0 spiro atoms. The first-order valence-electron chi connectivity index (χ1n) is 9.76. The SMILES string of the molecule is O=C(c1ccccc1C1CCNC1)N1CCN(Cc2cccc(F)c2)CC1. The van der Waals surface area contributed by atoms with Crippen LogP contribution in [0.25, 0.3) is 0 Å². The summed E-state index contributed by atoms with van der Waals surface area (Å²) in [5.41, 5.74) is 3.01. The van der Waals surface area contributed by atoms with Crippen molar-refractivity contribution in [2.24, 2.45) is 0 Å². The van der Waals surface area contributed by atoms with Gasteiger partial charge in [-0.15, -0.1) is 0 Å². The molecule has 0 radical (unpaired) electrons. The Morgan fingerprint density at radius 1 is 1.07 bits per heavy atom. The van der Waals surface area contributed by atoms with Crippen LogP contribution in [0.4, 0.5) is 4.39 Å². The first-order valence-corrected chi connectivity index (χ1v) is 9.76. The number of carbonyl (C=O) groups is 1. The fourth-order valence-corrected chi connectivity index (χ4v) is 4.14. The molecule has 1 atom stereocenters. The lowest BCUT2D eigenvalue weighted by Gasteiger charge is -2.35. The van der Waals surface area contributed by atoms with Gasteiger partial charge in [-0.25, -0.2) is 4.39 Å². The van der Waals surface area contributed by atoms with E-state index in [1.807, 2.05) is 29.2 Å². The predicted octanol–water partition coefficient (Wildman–Crippen LogP) is 2.86. The van der Waals surface area contributed by atoms with E-state index in [0.29, 0.717) is 19.0 Å². The molecule has 2 heterocycles. The summed E-state index contributed by atoms with van der Waals surface area (Å²) in [5.74, 6) is 0.377. The van der Waals surface area contributed by atoms with Crippen molar-refractivity contribution >= 4 is 5.91 Å². The van der Waals surface area contributed by atoms with Gasteiger partial charge in [0.1, 0.15) is 5.82 Å². The number of rotatable bonds is 4. The van der Waals surface area contributed by atoms with Gasteiger partial charge in [0.25, 0.3) is 5.91 Å². The van der Waals surface area contributed by atoms with Crippen LogP contribution in [0.5, 0.6) is 0 Å². The molecule has 4 nitrogen and oxygen atoms in total. The van der Waals surface area contributed by atoms with Gasteiger partial charge in [-0.3, -0.25) is 9.69 Å². The Morgan fingerprint density at radius 2 is 1.89 bits per heavy atom. The topological polar surface area (TPSA) is 35.6 Å². The Kier molecular flexibility index (Phi) is 5.50. The zero-order valence-electron chi connectivity index (χ0n) is 15.5. The predicted molar refractivity (Wildman–Crippen MR) is 104 cm³/mol. The van der Waals surface area contributed by atoms with Crippen molar-refractivity contribution < 1.29 is 9.18 Å². The first kappa shape index (κ1) is 18.1. The van der Waals surface area contributed by atoms with Gasteiger partial charge in [-0.05, 0) is 48.2 Å². The summed E-state index contributed by atoms with van der Waals surface area (Å²) in [5, 5.41) is 3.39. The second-order valence-corrected chi connectivity index (χ2v) is 7.48. The lowest BCUT2D eigenvalue weighted by Crippen LogP contribution is -2.48. The molecule has 0 saturated carbocycles. The molecular formula is C22H26FN3O. The van der Waals surface area contributed by atoms with Crippen molar-refractivity contribution in [1.29, 1.82) is 0 Å². The van der Waals surface area contributed by atoms with Crippen molar-refractivity contribution in [1.82, 2.24) is 15.1 Å². The molecule has 1 N–H and O–H groups in total. The van der Waals surface area contributed by atoms with Crippen LogP contribution in [0.1, 0.15) is 33.8 Å². The van der Waals surface area contributed by atoms with E-state index in [-0.39, 0.29) is 11.7 Å². The van der Waals surface area contributed by atoms with Crippen molar-refractivity contribution in [2.75, 3.05) is 39.3 Å². The Hall–Kier alpha value is -2.24. The van der Waals surface area contributed by atoms with E-state index in [1.54, 1.807) is 12.1 Å². The van der Waals surface area contributed by atoms with Gasteiger partial charge in [0, 0.05) is 44.8 Å². The monoisotopic (exact) mass is 367 g/mol. The van der Waals surface area contributed by atoms with Crippen LogP contribution in [0.2, 0.25) is 0 Å². The molecule has 2 aliphatic heterocycles. The summed E-state index contributed by atoms with van der Waals surface area (Å²) in [6, 6.07) is 14.8. The number of amides is 1. The van der Waals surface area contributed by atoms with Crippen LogP contribution in [0.15, 0.2) is 48.5 Å². The minimum atomic E-state index is -0.195. The van der Waals surface area contributed by atoms with E-state index in [0.717, 1.165) is 50.3 Å². The molecule has 2 fully saturated rings. The highest BCUT2D eigenvalue weighted by molar-refractivity contribution is 5.96. The third kappa shape index (κ3) is 4.20. The number of halogens is 1. The number of nitrogens with one attached hydrogen (secondary N) is 1. The number of piperazine rings is 1. The summed E-state index contributed by atoms with van der Waals surface area (Å²) in [6.45, 7) is 5.75. The number of nitrogens with zero attached hydrogens (tertiary/aromatic N) is 2. The Balaban J connectivity index is 1.39. The fourth-order valence-electron chi connectivity index (χ4n) is 4.14. The van der Waals surface area contributed by atoms with E-state index in [2.05, 4.69) is 16.3 Å². The second kappa shape index (κ2) is 8.19. The maximum Gasteiger partial charge on any atom is 0.254 e. The summed E-state index contributed by atoms with van der Waals surface area (Å²) < 4.78 is 13.4. The zero-order valence-corrected chi connectivity index (χ0v) is 15.5. The third-order valence-corrected chi connectivity index (χ3v) is 5.65. The third-order valence-electron chi connectivity index (χ3n) is 5.65. The molecule has 2 aliphatic rings. The van der Waals surface area contributed by atoms with Crippen molar-refractivity contribution in [2.45, 2.75) is 18.9 Å². The van der Waals surface area contributed by atoms with Crippen molar-refractivity contribution in [3.8, 4) is 0 Å². The number of carbonyl (C=O) groups excluding carboxylic acids is 1. The molecule has 5 heteroatoms. The molecule has 1 unspecified atom stereocenters. The normalized spacial score (nSPS) is 20.8. The van der Waals surface area contributed by atoms with E-state index in [1.165, 1.54) is 11.6 Å². The molecular weight excluding hydrogens is 341 g/mol. The second-order valence-electron chi connectivity index (χ2n) is 7.48. The maximum absolute atomic E-state index is 13.4. The smallest absolute Gasteiger partial charge is 0.254 e. The average molecular weight is 367 g/mol. The van der Waals surface area contributed by atoms with Gasteiger partial charge in [0.2, 0.25) is 0 Å². The average Bonchev–Trinajstić information content (AvgIpc) is 3.23. The van der Waals surface area contributed by atoms with Gasteiger partial charge >= 0.3 is 0 Å². The molecule has 0 bridgehead atoms.